The van der Waals surface area contributed by atoms with Crippen molar-refractivity contribution in [1.82, 2.24) is 15.0 Å². The van der Waals surface area contributed by atoms with Crippen LogP contribution >= 0.6 is 0 Å². The second kappa shape index (κ2) is 7.58. The van der Waals surface area contributed by atoms with Crippen LogP contribution in [-0.2, 0) is 22.6 Å². The second-order valence-corrected chi connectivity index (χ2v) is 7.88. The van der Waals surface area contributed by atoms with Gasteiger partial charge < -0.3 is 0 Å². The molecule has 0 saturated carbocycles. The van der Waals surface area contributed by atoms with Crippen LogP contribution in [0.15, 0.2) is 6.20 Å². The van der Waals surface area contributed by atoms with Crippen LogP contribution in [-0.4, -0.2) is 26.6 Å². The Morgan fingerprint density at radius 2 is 1.92 bits per heavy atom. The average molecular weight is 333 g/mol. The molecule has 1 aliphatic rings. The first-order valence-corrected chi connectivity index (χ1v) is 9.22. The van der Waals surface area contributed by atoms with Crippen LogP contribution in [0.2, 0.25) is 0 Å². The van der Waals surface area contributed by atoms with Gasteiger partial charge in [-0.15, -0.1) is 5.10 Å². The molecular formula is C19H31N3O2. The third kappa shape index (κ3) is 4.31. The highest BCUT2D eigenvalue weighted by molar-refractivity contribution is 5.86. The summed E-state index contributed by atoms with van der Waals surface area (Å²) in [6.45, 7) is 8.64. The van der Waals surface area contributed by atoms with Crippen LogP contribution in [0.1, 0.15) is 78.3 Å². The minimum Gasteiger partial charge on any atom is -0.299 e. The fraction of sp³-hybridized carbons (Fsp3) is 0.789. The van der Waals surface area contributed by atoms with E-state index in [4.69, 9.17) is 0 Å². The van der Waals surface area contributed by atoms with Crippen molar-refractivity contribution in [1.29, 1.82) is 0 Å². The summed E-state index contributed by atoms with van der Waals surface area (Å²) in [7, 11) is 0. The summed E-state index contributed by atoms with van der Waals surface area (Å²) in [4.78, 5) is 25.0. The van der Waals surface area contributed by atoms with Crippen molar-refractivity contribution in [2.45, 2.75) is 85.6 Å². The molecule has 0 unspecified atom stereocenters. The lowest BCUT2D eigenvalue weighted by molar-refractivity contribution is -0.131. The summed E-state index contributed by atoms with van der Waals surface area (Å²) < 4.78 is 1.89. The average Bonchev–Trinajstić information content (AvgIpc) is 3.01. The van der Waals surface area contributed by atoms with E-state index >= 15 is 0 Å². The molecule has 0 aliphatic carbocycles. The minimum atomic E-state index is -0.460. The largest absolute Gasteiger partial charge is 0.299 e. The van der Waals surface area contributed by atoms with Gasteiger partial charge in [0.2, 0.25) is 0 Å². The van der Waals surface area contributed by atoms with E-state index < -0.39 is 5.41 Å². The Kier molecular flexibility index (Phi) is 5.94. The molecule has 2 atom stereocenters. The van der Waals surface area contributed by atoms with E-state index in [1.807, 2.05) is 17.8 Å². The Hall–Kier alpha value is -1.52. The van der Waals surface area contributed by atoms with E-state index in [0.717, 1.165) is 50.8 Å². The maximum absolute atomic E-state index is 12.8. The van der Waals surface area contributed by atoms with E-state index in [2.05, 4.69) is 24.2 Å². The molecule has 0 saturated heterocycles. The summed E-state index contributed by atoms with van der Waals surface area (Å²) in [6.07, 6.45) is 8.35. The number of Topliss-reactive ketones (excluding diaryl/α,β-unsaturated/α-hetero) is 2. The zero-order valence-electron chi connectivity index (χ0n) is 15.6. The molecule has 24 heavy (non-hydrogen) atoms. The van der Waals surface area contributed by atoms with Crippen molar-refractivity contribution in [3.05, 3.63) is 11.9 Å². The van der Waals surface area contributed by atoms with Crippen LogP contribution in [0.5, 0.6) is 0 Å². The molecule has 0 radical (unpaired) electrons. The molecule has 2 heterocycles. The highest BCUT2D eigenvalue weighted by atomic mass is 16.1. The molecule has 0 fully saturated rings. The van der Waals surface area contributed by atoms with Crippen LogP contribution in [0, 0.1) is 10.8 Å². The van der Waals surface area contributed by atoms with Crippen molar-refractivity contribution >= 4 is 11.6 Å². The molecule has 5 heteroatoms. The SMILES string of the molecule is CC[C@@]1(C)CCCCn2cc(nn2)CC[C@@](C)(C(C)=O)CCC1=O. The zero-order chi connectivity index (χ0) is 17.8. The van der Waals surface area contributed by atoms with Gasteiger partial charge in [-0.2, -0.15) is 0 Å². The van der Waals surface area contributed by atoms with Gasteiger partial charge in [-0.3, -0.25) is 14.3 Å². The van der Waals surface area contributed by atoms with Gasteiger partial charge in [-0.05, 0) is 45.4 Å². The number of nitrogens with zero attached hydrogens (tertiary/aromatic N) is 3. The van der Waals surface area contributed by atoms with E-state index in [1.54, 1.807) is 6.92 Å². The molecule has 1 aliphatic heterocycles. The third-order valence-corrected chi connectivity index (χ3v) is 6.09. The molecule has 0 spiro atoms. The fourth-order valence-corrected chi connectivity index (χ4v) is 3.44. The topological polar surface area (TPSA) is 64.8 Å². The molecule has 1 aromatic rings. The van der Waals surface area contributed by atoms with Crippen molar-refractivity contribution in [3.63, 3.8) is 0 Å². The quantitative estimate of drug-likeness (QED) is 0.826. The molecule has 0 amide bonds. The Morgan fingerprint density at radius 1 is 1.21 bits per heavy atom. The van der Waals surface area contributed by atoms with Gasteiger partial charge in [0.15, 0.2) is 0 Å². The molecule has 2 bridgehead atoms. The number of aromatic nitrogens is 3. The maximum Gasteiger partial charge on any atom is 0.138 e. The first-order chi connectivity index (χ1) is 11.3. The minimum absolute atomic E-state index is 0.160. The normalized spacial score (nSPS) is 29.9. The molecule has 134 valence electrons. The maximum atomic E-state index is 12.8. The lowest BCUT2D eigenvalue weighted by Crippen LogP contribution is -2.32. The molecule has 1 aromatic heterocycles. The van der Waals surface area contributed by atoms with Crippen LogP contribution < -0.4 is 0 Å². The van der Waals surface area contributed by atoms with E-state index in [9.17, 15) is 9.59 Å². The predicted molar refractivity (Wildman–Crippen MR) is 93.6 cm³/mol. The summed E-state index contributed by atoms with van der Waals surface area (Å²) in [5.74, 6) is 0.472. The number of aryl methyl sites for hydroxylation is 2. The number of hydrogen-bond acceptors (Lipinski definition) is 4. The molecular weight excluding hydrogens is 302 g/mol. The first kappa shape index (κ1) is 18.8. The number of carbonyl (C=O) groups excluding carboxylic acids is 2. The van der Waals surface area contributed by atoms with Gasteiger partial charge in [0.05, 0.1) is 5.69 Å². The Balaban J connectivity index is 2.22. The fourth-order valence-electron chi connectivity index (χ4n) is 3.44. The summed E-state index contributed by atoms with van der Waals surface area (Å²) >= 11 is 0. The van der Waals surface area contributed by atoms with Crippen molar-refractivity contribution < 1.29 is 9.59 Å². The van der Waals surface area contributed by atoms with E-state index in [0.29, 0.717) is 18.6 Å². The highest BCUT2D eigenvalue weighted by Crippen LogP contribution is 2.36. The third-order valence-electron chi connectivity index (χ3n) is 6.09. The van der Waals surface area contributed by atoms with Crippen LogP contribution in [0.4, 0.5) is 0 Å². The summed E-state index contributed by atoms with van der Waals surface area (Å²) in [5, 5.41) is 8.41. The van der Waals surface area contributed by atoms with Gasteiger partial charge >= 0.3 is 0 Å². The van der Waals surface area contributed by atoms with Crippen LogP contribution in [0.25, 0.3) is 0 Å². The number of carbonyl (C=O) groups is 2. The smallest absolute Gasteiger partial charge is 0.138 e. The van der Waals surface area contributed by atoms with Gasteiger partial charge in [0.25, 0.3) is 0 Å². The lowest BCUT2D eigenvalue weighted by Gasteiger charge is -2.31. The predicted octanol–water partition coefficient (Wildman–Crippen LogP) is 3.76. The van der Waals surface area contributed by atoms with Gasteiger partial charge in [0.1, 0.15) is 11.6 Å². The summed E-state index contributed by atoms with van der Waals surface area (Å²) in [6, 6.07) is 0. The summed E-state index contributed by atoms with van der Waals surface area (Å²) in [5.41, 5.74) is 0.206. The van der Waals surface area contributed by atoms with Gasteiger partial charge in [0, 0.05) is 30.0 Å². The Bertz CT molecular complexity index is 595. The molecule has 0 N–H and O–H groups in total. The number of rotatable bonds is 2. The highest BCUT2D eigenvalue weighted by Gasteiger charge is 2.35. The van der Waals surface area contributed by atoms with Crippen LogP contribution in [0.3, 0.4) is 0 Å². The second-order valence-electron chi connectivity index (χ2n) is 7.88. The van der Waals surface area contributed by atoms with Gasteiger partial charge in [-0.25, -0.2) is 0 Å². The first-order valence-electron chi connectivity index (χ1n) is 9.22. The van der Waals surface area contributed by atoms with Crippen molar-refractivity contribution in [3.8, 4) is 0 Å². The monoisotopic (exact) mass is 333 g/mol. The Labute approximate surface area is 145 Å². The molecule has 2 rings (SSSR count). The van der Waals surface area contributed by atoms with Crippen molar-refractivity contribution in [2.24, 2.45) is 10.8 Å². The number of ketones is 2. The zero-order valence-corrected chi connectivity index (χ0v) is 15.6. The standard InChI is InChI=1S/C19H31N3O2/c1-5-18(3)10-6-7-13-22-14-16(20-21-22)8-11-19(4,15(2)23)12-9-17(18)24/h14H,5-13H2,1-4H3/t18-,19+/m0/s1. The number of hydrogen-bond donors (Lipinski definition) is 0. The van der Waals surface area contributed by atoms with E-state index in [1.165, 1.54) is 0 Å². The Morgan fingerprint density at radius 3 is 2.58 bits per heavy atom. The number of fused-ring (bicyclic) bond motifs is 2. The lowest BCUT2D eigenvalue weighted by atomic mass is 9.72. The molecule has 0 aromatic carbocycles. The van der Waals surface area contributed by atoms with Gasteiger partial charge in [-0.1, -0.05) is 32.4 Å². The van der Waals surface area contributed by atoms with E-state index in [-0.39, 0.29) is 11.2 Å². The van der Waals surface area contributed by atoms with Crippen molar-refractivity contribution in [2.75, 3.05) is 0 Å². The molecule has 5 nitrogen and oxygen atoms in total.